The third-order valence-electron chi connectivity index (χ3n) is 4.40. The predicted molar refractivity (Wildman–Crippen MR) is 111 cm³/mol. The lowest BCUT2D eigenvalue weighted by molar-refractivity contribution is -0.146. The van der Waals surface area contributed by atoms with Gasteiger partial charge < -0.3 is 19.3 Å². The van der Waals surface area contributed by atoms with E-state index in [-0.39, 0.29) is 18.8 Å². The highest BCUT2D eigenvalue weighted by Gasteiger charge is 2.31. The van der Waals surface area contributed by atoms with E-state index in [1.165, 1.54) is 6.20 Å². The van der Waals surface area contributed by atoms with Gasteiger partial charge in [0, 0.05) is 25.8 Å². The lowest BCUT2D eigenvalue weighted by atomic mass is 10.2. The normalized spacial score (nSPS) is 14.5. The first-order chi connectivity index (χ1) is 13.6. The molecule has 0 fully saturated rings. The van der Waals surface area contributed by atoms with Crippen molar-refractivity contribution in [1.82, 2.24) is 0 Å². The fourth-order valence-corrected chi connectivity index (χ4v) is 4.35. The summed E-state index contributed by atoms with van der Waals surface area (Å²) in [6.45, 7) is 8.11. The van der Waals surface area contributed by atoms with Gasteiger partial charge >= 0.3 is 11.9 Å². The monoisotopic (exact) mass is 403 g/mol. The second-order valence-corrected chi connectivity index (χ2v) is 7.14. The van der Waals surface area contributed by atoms with Crippen LogP contribution in [0.1, 0.15) is 27.2 Å². The third-order valence-corrected chi connectivity index (χ3v) is 5.56. The van der Waals surface area contributed by atoms with Crippen LogP contribution in [-0.4, -0.2) is 50.0 Å². The van der Waals surface area contributed by atoms with Crippen LogP contribution in [0.3, 0.4) is 0 Å². The smallest absolute Gasteiger partial charge is 0.347 e. The Bertz CT molecular complexity index is 802. The lowest BCUT2D eigenvalue weighted by Crippen LogP contribution is -2.30. The zero-order valence-electron chi connectivity index (χ0n) is 16.4. The van der Waals surface area contributed by atoms with Crippen LogP contribution in [0.5, 0.6) is 0 Å². The number of carbonyl (C=O) groups excluding carboxylic acids is 2. The molecule has 0 bridgehead atoms. The van der Waals surface area contributed by atoms with Gasteiger partial charge in [-0.2, -0.15) is 0 Å². The summed E-state index contributed by atoms with van der Waals surface area (Å²) in [5.41, 5.74) is 1.93. The maximum Gasteiger partial charge on any atom is 0.347 e. The van der Waals surface area contributed by atoms with Crippen molar-refractivity contribution in [3.8, 4) is 0 Å². The minimum Gasteiger partial charge on any atom is -0.462 e. The third kappa shape index (κ3) is 4.01. The lowest BCUT2D eigenvalue weighted by Gasteiger charge is -2.24. The van der Waals surface area contributed by atoms with E-state index in [0.717, 1.165) is 40.9 Å². The highest BCUT2D eigenvalue weighted by molar-refractivity contribution is 8.15. The molecule has 0 radical (unpaired) electrons. The summed E-state index contributed by atoms with van der Waals surface area (Å²) in [6.07, 6.45) is 2.56. The number of carbonyl (C=O) groups is 2. The summed E-state index contributed by atoms with van der Waals surface area (Å²) in [4.78, 5) is 34.5. The number of esters is 2. The van der Waals surface area contributed by atoms with Gasteiger partial charge in [0.05, 0.1) is 29.5 Å². The quantitative estimate of drug-likeness (QED) is 0.300. The minimum absolute atomic E-state index is 0.110. The number of aliphatic imine (C=N–C) groups is 1. The number of thioether (sulfide) groups is 1. The van der Waals surface area contributed by atoms with E-state index in [1.807, 2.05) is 24.0 Å². The number of hydrogen-bond donors (Lipinski definition) is 0. The molecule has 0 saturated heterocycles. The average Bonchev–Trinajstić information content (AvgIpc) is 3.08. The summed E-state index contributed by atoms with van der Waals surface area (Å²) >= 11 is 1.63. The van der Waals surface area contributed by atoms with Crippen LogP contribution in [0.15, 0.2) is 39.9 Å². The van der Waals surface area contributed by atoms with E-state index < -0.39 is 11.9 Å². The van der Waals surface area contributed by atoms with Gasteiger partial charge in [0.15, 0.2) is 10.7 Å². The van der Waals surface area contributed by atoms with Crippen molar-refractivity contribution in [2.75, 3.05) is 42.6 Å². The van der Waals surface area contributed by atoms with Gasteiger partial charge in [0.1, 0.15) is 0 Å². The Hall–Kier alpha value is -2.48. The molecule has 3 rings (SSSR count). The molecule has 0 atom stereocenters. The summed E-state index contributed by atoms with van der Waals surface area (Å²) < 4.78 is 10.1. The number of amidine groups is 1. The molecular weight excluding hydrogens is 378 g/mol. The molecule has 2 aliphatic rings. The summed E-state index contributed by atoms with van der Waals surface area (Å²) in [7, 11) is 0. The Balaban J connectivity index is 1.99. The van der Waals surface area contributed by atoms with E-state index in [4.69, 9.17) is 9.47 Å². The number of nitrogens with zero attached hydrogens (tertiary/aromatic N) is 3. The maximum atomic E-state index is 12.3. The Labute approximate surface area is 169 Å². The van der Waals surface area contributed by atoms with Crippen molar-refractivity contribution >= 4 is 40.2 Å². The molecule has 1 aromatic rings. The van der Waals surface area contributed by atoms with Crippen molar-refractivity contribution in [2.24, 2.45) is 4.99 Å². The van der Waals surface area contributed by atoms with Crippen LogP contribution in [0, 0.1) is 0 Å². The van der Waals surface area contributed by atoms with E-state index in [0.29, 0.717) is 6.54 Å². The molecule has 2 aliphatic heterocycles. The molecule has 7 nitrogen and oxygen atoms in total. The largest absolute Gasteiger partial charge is 0.462 e. The van der Waals surface area contributed by atoms with E-state index in [1.54, 1.807) is 25.6 Å². The van der Waals surface area contributed by atoms with Crippen molar-refractivity contribution in [3.63, 3.8) is 0 Å². The maximum absolute atomic E-state index is 12.3. The fourth-order valence-electron chi connectivity index (χ4n) is 3.14. The molecule has 28 heavy (non-hydrogen) atoms. The van der Waals surface area contributed by atoms with Crippen molar-refractivity contribution in [3.05, 3.63) is 30.0 Å². The zero-order valence-corrected chi connectivity index (χ0v) is 17.3. The molecule has 0 aromatic heterocycles. The second kappa shape index (κ2) is 9.14. The number of ether oxygens (including phenoxy) is 2. The van der Waals surface area contributed by atoms with Gasteiger partial charge in [-0.1, -0.05) is 6.07 Å². The van der Waals surface area contributed by atoms with Crippen LogP contribution in [0.25, 0.3) is 0 Å². The molecule has 0 amide bonds. The van der Waals surface area contributed by atoms with E-state index in [9.17, 15) is 9.59 Å². The molecule has 0 spiro atoms. The van der Waals surface area contributed by atoms with E-state index >= 15 is 0 Å². The first-order valence-electron chi connectivity index (χ1n) is 9.56. The average molecular weight is 404 g/mol. The summed E-state index contributed by atoms with van der Waals surface area (Å²) in [5.74, 6) is -1.36. The molecule has 0 N–H and O–H groups in total. The zero-order chi connectivity index (χ0) is 20.1. The summed E-state index contributed by atoms with van der Waals surface area (Å²) in [5, 5.41) is 1.00. The molecule has 1 aromatic carbocycles. The van der Waals surface area contributed by atoms with Crippen LogP contribution < -0.4 is 9.80 Å². The molecule has 8 heteroatoms. The van der Waals surface area contributed by atoms with E-state index in [2.05, 4.69) is 16.0 Å². The number of benzene rings is 1. The Morgan fingerprint density at radius 2 is 1.93 bits per heavy atom. The Kier molecular flexibility index (Phi) is 6.61. The number of anilines is 2. The minimum atomic E-state index is -0.679. The molecule has 0 saturated carbocycles. The van der Waals surface area contributed by atoms with Crippen LogP contribution in [0.2, 0.25) is 0 Å². The fraction of sp³-hybridized carbons (Fsp3) is 0.450. The van der Waals surface area contributed by atoms with Gasteiger partial charge in [0.2, 0.25) is 0 Å². The van der Waals surface area contributed by atoms with Gasteiger partial charge in [0.25, 0.3) is 0 Å². The number of hydrogen-bond acceptors (Lipinski definition) is 8. The van der Waals surface area contributed by atoms with Gasteiger partial charge in [-0.05, 0) is 51.1 Å². The standard InChI is InChI=1S/C20H25N3O4S/c1-4-22(13-14(18(24)26-5-2)19(25)27-6-3)15-9-7-10-16-17(15)28-20-21-11-8-12-23(16)20/h7,9-10,13H,4-6,8,11-12H2,1-3H3. The topological polar surface area (TPSA) is 71.4 Å². The van der Waals surface area contributed by atoms with Crippen LogP contribution in [0.4, 0.5) is 11.4 Å². The Morgan fingerprint density at radius 1 is 1.21 bits per heavy atom. The first kappa shape index (κ1) is 20.3. The Morgan fingerprint density at radius 3 is 2.57 bits per heavy atom. The second-order valence-electron chi connectivity index (χ2n) is 6.17. The molecule has 2 heterocycles. The predicted octanol–water partition coefficient (Wildman–Crippen LogP) is 3.19. The van der Waals surface area contributed by atoms with Crippen LogP contribution in [-0.2, 0) is 19.1 Å². The SMILES string of the molecule is CCOC(=O)C(=CN(CC)c1cccc2c1SC1=NCCCN12)C(=O)OCC. The molecule has 0 aliphatic carbocycles. The van der Waals surface area contributed by atoms with Gasteiger partial charge in [-0.3, -0.25) is 4.99 Å². The van der Waals surface area contributed by atoms with Crippen molar-refractivity contribution < 1.29 is 19.1 Å². The van der Waals surface area contributed by atoms with Crippen LogP contribution >= 0.6 is 11.8 Å². The van der Waals surface area contributed by atoms with Gasteiger partial charge in [-0.15, -0.1) is 0 Å². The molecule has 150 valence electrons. The number of fused-ring (bicyclic) bond motifs is 3. The first-order valence-corrected chi connectivity index (χ1v) is 10.4. The molecular formula is C20H25N3O4S. The van der Waals surface area contributed by atoms with Crippen molar-refractivity contribution in [1.29, 1.82) is 0 Å². The molecule has 0 unspecified atom stereocenters. The van der Waals surface area contributed by atoms with Gasteiger partial charge in [-0.25, -0.2) is 9.59 Å². The van der Waals surface area contributed by atoms with Crippen molar-refractivity contribution in [2.45, 2.75) is 32.1 Å². The summed E-state index contributed by atoms with van der Waals surface area (Å²) in [6, 6.07) is 6.05. The highest BCUT2D eigenvalue weighted by Crippen LogP contribution is 2.47. The highest BCUT2D eigenvalue weighted by atomic mass is 32.2. The number of rotatable bonds is 7.